The molecule has 2 atom stereocenters. The fraction of sp³-hybridized carbons (Fsp3) is 0.571. The van der Waals surface area contributed by atoms with Crippen LogP contribution in [-0.4, -0.2) is 32.3 Å². The summed E-state index contributed by atoms with van der Waals surface area (Å²) in [6, 6.07) is 5.00. The molecular formula is C14H21FN2O. The first-order valence-electron chi connectivity index (χ1n) is 6.43. The average Bonchev–Trinajstić information content (AvgIpc) is 2.28. The number of ether oxygens (including phenoxy) is 1. The van der Waals surface area contributed by atoms with E-state index in [1.807, 2.05) is 13.1 Å². The Kier molecular flexibility index (Phi) is 4.19. The van der Waals surface area contributed by atoms with E-state index in [2.05, 4.69) is 24.1 Å². The summed E-state index contributed by atoms with van der Waals surface area (Å²) < 4.78 is 19.1. The topological polar surface area (TPSA) is 24.5 Å². The summed E-state index contributed by atoms with van der Waals surface area (Å²) >= 11 is 0. The highest BCUT2D eigenvalue weighted by molar-refractivity contribution is 5.54. The van der Waals surface area contributed by atoms with Gasteiger partial charge in [-0.05, 0) is 44.7 Å². The second kappa shape index (κ2) is 5.67. The Balaban J connectivity index is 2.25. The maximum absolute atomic E-state index is 13.3. The molecule has 1 saturated heterocycles. The second-order valence-corrected chi connectivity index (χ2v) is 4.97. The summed E-state index contributed by atoms with van der Waals surface area (Å²) in [4.78, 5) is 2.28. The molecule has 18 heavy (non-hydrogen) atoms. The Bertz CT molecular complexity index is 401. The van der Waals surface area contributed by atoms with Crippen molar-refractivity contribution < 1.29 is 9.13 Å². The van der Waals surface area contributed by atoms with Gasteiger partial charge in [0.1, 0.15) is 5.82 Å². The van der Waals surface area contributed by atoms with Crippen molar-refractivity contribution in [1.82, 2.24) is 5.32 Å². The molecule has 0 amide bonds. The quantitative estimate of drug-likeness (QED) is 0.892. The Morgan fingerprint density at radius 2 is 2.00 bits per heavy atom. The van der Waals surface area contributed by atoms with Crippen molar-refractivity contribution in [1.29, 1.82) is 0 Å². The van der Waals surface area contributed by atoms with E-state index in [-0.39, 0.29) is 18.0 Å². The van der Waals surface area contributed by atoms with Crippen LogP contribution in [0.1, 0.15) is 19.4 Å². The molecule has 1 aromatic rings. The summed E-state index contributed by atoms with van der Waals surface area (Å²) in [6.45, 7) is 6.53. The van der Waals surface area contributed by atoms with Crippen molar-refractivity contribution in [3.8, 4) is 0 Å². The molecule has 1 aliphatic rings. The molecule has 0 radical (unpaired) electrons. The van der Waals surface area contributed by atoms with Gasteiger partial charge in [-0.2, -0.15) is 0 Å². The monoisotopic (exact) mass is 252 g/mol. The van der Waals surface area contributed by atoms with Crippen LogP contribution in [0.2, 0.25) is 0 Å². The summed E-state index contributed by atoms with van der Waals surface area (Å²) in [5.74, 6) is -0.182. The molecule has 100 valence electrons. The molecule has 2 rings (SSSR count). The Morgan fingerprint density at radius 3 is 2.61 bits per heavy atom. The number of nitrogens with zero attached hydrogens (tertiary/aromatic N) is 1. The van der Waals surface area contributed by atoms with Crippen LogP contribution in [0.5, 0.6) is 0 Å². The predicted molar refractivity (Wildman–Crippen MR) is 71.4 cm³/mol. The van der Waals surface area contributed by atoms with Crippen LogP contribution in [0.3, 0.4) is 0 Å². The normalized spacial score (nSPS) is 24.3. The molecule has 1 aromatic carbocycles. The summed E-state index contributed by atoms with van der Waals surface area (Å²) in [6.07, 6.45) is 0.419. The van der Waals surface area contributed by atoms with Crippen LogP contribution in [0.4, 0.5) is 10.1 Å². The number of nitrogens with one attached hydrogen (secondary N) is 1. The molecule has 0 bridgehead atoms. The molecule has 3 nitrogen and oxygen atoms in total. The predicted octanol–water partition coefficient (Wildman–Crippen LogP) is 2.16. The van der Waals surface area contributed by atoms with Crippen molar-refractivity contribution >= 4 is 5.69 Å². The standard InChI is InChI=1S/C14H21FN2O/c1-10-8-17(9-11(2)18-10)14-5-4-13(15)6-12(14)7-16-3/h4-6,10-11,16H,7-9H2,1-3H3/t10-,11+. The van der Waals surface area contributed by atoms with E-state index in [0.29, 0.717) is 6.54 Å². The van der Waals surface area contributed by atoms with E-state index >= 15 is 0 Å². The third-order valence-corrected chi connectivity index (χ3v) is 3.17. The molecule has 1 heterocycles. The Hall–Kier alpha value is -1.13. The average molecular weight is 252 g/mol. The molecule has 0 aliphatic carbocycles. The van der Waals surface area contributed by atoms with Crippen LogP contribution in [0.15, 0.2) is 18.2 Å². The molecule has 1 aliphatic heterocycles. The Morgan fingerprint density at radius 1 is 1.33 bits per heavy atom. The number of hydrogen-bond donors (Lipinski definition) is 1. The number of rotatable bonds is 3. The lowest BCUT2D eigenvalue weighted by Gasteiger charge is -2.37. The molecular weight excluding hydrogens is 231 g/mol. The van der Waals surface area contributed by atoms with E-state index in [0.717, 1.165) is 24.3 Å². The molecule has 0 unspecified atom stereocenters. The molecule has 0 spiro atoms. The highest BCUT2D eigenvalue weighted by Gasteiger charge is 2.23. The van der Waals surface area contributed by atoms with Gasteiger partial charge < -0.3 is 15.0 Å². The van der Waals surface area contributed by atoms with Crippen LogP contribution in [-0.2, 0) is 11.3 Å². The van der Waals surface area contributed by atoms with Crippen molar-refractivity contribution in [2.45, 2.75) is 32.6 Å². The van der Waals surface area contributed by atoms with Gasteiger partial charge in [0, 0.05) is 25.3 Å². The minimum absolute atomic E-state index is 0.182. The number of morpholine rings is 1. The largest absolute Gasteiger partial charge is 0.372 e. The molecule has 1 fully saturated rings. The van der Waals surface area contributed by atoms with Gasteiger partial charge in [0.05, 0.1) is 12.2 Å². The first-order valence-corrected chi connectivity index (χ1v) is 6.43. The lowest BCUT2D eigenvalue weighted by Crippen LogP contribution is -2.46. The third kappa shape index (κ3) is 3.00. The molecule has 0 aromatic heterocycles. The highest BCUT2D eigenvalue weighted by atomic mass is 19.1. The first-order chi connectivity index (χ1) is 8.60. The zero-order valence-electron chi connectivity index (χ0n) is 11.2. The first kappa shape index (κ1) is 13.3. The zero-order valence-corrected chi connectivity index (χ0v) is 11.2. The molecule has 0 saturated carbocycles. The van der Waals surface area contributed by atoms with E-state index in [1.165, 1.54) is 6.07 Å². The molecule has 1 N–H and O–H groups in total. The number of hydrogen-bond acceptors (Lipinski definition) is 3. The third-order valence-electron chi connectivity index (χ3n) is 3.17. The van der Waals surface area contributed by atoms with Crippen molar-refractivity contribution in [2.75, 3.05) is 25.0 Å². The number of halogens is 1. The van der Waals surface area contributed by atoms with Gasteiger partial charge in [-0.15, -0.1) is 0 Å². The minimum atomic E-state index is -0.182. The second-order valence-electron chi connectivity index (χ2n) is 4.97. The van der Waals surface area contributed by atoms with Crippen molar-refractivity contribution in [3.05, 3.63) is 29.6 Å². The molecule has 4 heteroatoms. The fourth-order valence-electron chi connectivity index (χ4n) is 2.57. The van der Waals surface area contributed by atoms with Gasteiger partial charge in [-0.25, -0.2) is 4.39 Å². The smallest absolute Gasteiger partial charge is 0.123 e. The fourth-order valence-corrected chi connectivity index (χ4v) is 2.57. The van der Waals surface area contributed by atoms with Gasteiger partial charge >= 0.3 is 0 Å². The maximum atomic E-state index is 13.3. The van der Waals surface area contributed by atoms with Gasteiger partial charge in [-0.3, -0.25) is 0 Å². The van der Waals surface area contributed by atoms with E-state index in [1.54, 1.807) is 6.07 Å². The van der Waals surface area contributed by atoms with Gasteiger partial charge in [-0.1, -0.05) is 0 Å². The van der Waals surface area contributed by atoms with Crippen LogP contribution in [0, 0.1) is 5.82 Å². The zero-order chi connectivity index (χ0) is 13.1. The van der Waals surface area contributed by atoms with Gasteiger partial charge in [0.15, 0.2) is 0 Å². The SMILES string of the molecule is CNCc1cc(F)ccc1N1C[C@@H](C)O[C@@H](C)C1. The highest BCUT2D eigenvalue weighted by Crippen LogP contribution is 2.25. The van der Waals surface area contributed by atoms with E-state index in [9.17, 15) is 4.39 Å². The number of anilines is 1. The van der Waals surface area contributed by atoms with Gasteiger partial charge in [0.2, 0.25) is 0 Å². The lowest BCUT2D eigenvalue weighted by molar-refractivity contribution is -0.00526. The van der Waals surface area contributed by atoms with Crippen LogP contribution < -0.4 is 10.2 Å². The summed E-state index contributed by atoms with van der Waals surface area (Å²) in [7, 11) is 1.87. The maximum Gasteiger partial charge on any atom is 0.123 e. The summed E-state index contributed by atoms with van der Waals surface area (Å²) in [5.41, 5.74) is 2.10. The van der Waals surface area contributed by atoms with Crippen molar-refractivity contribution in [3.63, 3.8) is 0 Å². The van der Waals surface area contributed by atoms with E-state index < -0.39 is 0 Å². The lowest BCUT2D eigenvalue weighted by atomic mass is 10.1. The Labute approximate surface area is 108 Å². The minimum Gasteiger partial charge on any atom is -0.372 e. The van der Waals surface area contributed by atoms with Crippen LogP contribution in [0.25, 0.3) is 0 Å². The van der Waals surface area contributed by atoms with E-state index in [4.69, 9.17) is 4.74 Å². The van der Waals surface area contributed by atoms with Crippen LogP contribution >= 0.6 is 0 Å². The van der Waals surface area contributed by atoms with Crippen molar-refractivity contribution in [2.24, 2.45) is 0 Å². The summed E-state index contributed by atoms with van der Waals surface area (Å²) in [5, 5.41) is 3.09. The van der Waals surface area contributed by atoms with Gasteiger partial charge in [0.25, 0.3) is 0 Å². The number of benzene rings is 1.